The smallest absolute Gasteiger partial charge is 0.296 e. The highest BCUT2D eigenvalue weighted by Gasteiger charge is 2.17. The molecule has 0 saturated heterocycles. The average Bonchev–Trinajstić information content (AvgIpc) is 2.63. The Kier molecular flexibility index (Phi) is 2.45. The molecule has 0 amide bonds. The van der Waals surface area contributed by atoms with Gasteiger partial charge in [0.05, 0.1) is 0 Å². The molecule has 7 heteroatoms. The summed E-state index contributed by atoms with van der Waals surface area (Å²) < 4.78 is 2.87. The standard InChI is InChI=1S/C10H14N6O/c1-10(2,3)15-5-4-12-7(8(15)17)16-6-13-9(11)14-16/h4-6H,1-3H3,(H2,11,14). The molecule has 0 atom stereocenters. The van der Waals surface area contributed by atoms with E-state index in [0.29, 0.717) is 0 Å². The lowest BCUT2D eigenvalue weighted by Gasteiger charge is -2.22. The maximum Gasteiger partial charge on any atom is 0.296 e. The van der Waals surface area contributed by atoms with E-state index < -0.39 is 0 Å². The van der Waals surface area contributed by atoms with Gasteiger partial charge in [0.25, 0.3) is 5.56 Å². The van der Waals surface area contributed by atoms with Gasteiger partial charge in [-0.1, -0.05) is 0 Å². The van der Waals surface area contributed by atoms with E-state index in [-0.39, 0.29) is 22.9 Å². The van der Waals surface area contributed by atoms with Gasteiger partial charge in [-0.25, -0.2) is 9.97 Å². The van der Waals surface area contributed by atoms with E-state index in [1.165, 1.54) is 11.0 Å². The fourth-order valence-corrected chi connectivity index (χ4v) is 1.46. The van der Waals surface area contributed by atoms with Crippen molar-refractivity contribution in [3.63, 3.8) is 0 Å². The summed E-state index contributed by atoms with van der Waals surface area (Å²) in [5.74, 6) is 0.295. The van der Waals surface area contributed by atoms with Gasteiger partial charge in [-0.05, 0) is 20.8 Å². The summed E-state index contributed by atoms with van der Waals surface area (Å²) in [7, 11) is 0. The van der Waals surface area contributed by atoms with Crippen molar-refractivity contribution in [2.75, 3.05) is 5.73 Å². The molecule has 0 aliphatic rings. The third kappa shape index (κ3) is 2.03. The Morgan fingerprint density at radius 2 is 2.00 bits per heavy atom. The van der Waals surface area contributed by atoms with Gasteiger partial charge in [-0.15, -0.1) is 5.10 Å². The van der Waals surface area contributed by atoms with Crippen LogP contribution in [0.25, 0.3) is 5.82 Å². The summed E-state index contributed by atoms with van der Waals surface area (Å²) >= 11 is 0. The molecule has 17 heavy (non-hydrogen) atoms. The Labute approximate surface area is 97.9 Å². The number of aromatic nitrogens is 5. The highest BCUT2D eigenvalue weighted by Crippen LogP contribution is 2.10. The van der Waals surface area contributed by atoms with E-state index >= 15 is 0 Å². The van der Waals surface area contributed by atoms with Gasteiger partial charge in [0.15, 0.2) is 0 Å². The van der Waals surface area contributed by atoms with Gasteiger partial charge in [0, 0.05) is 17.9 Å². The Morgan fingerprint density at radius 1 is 1.29 bits per heavy atom. The third-order valence-electron chi connectivity index (χ3n) is 2.27. The van der Waals surface area contributed by atoms with Crippen molar-refractivity contribution in [2.45, 2.75) is 26.3 Å². The molecule has 7 nitrogen and oxygen atoms in total. The lowest BCUT2D eigenvalue weighted by molar-refractivity contribution is 0.381. The lowest BCUT2D eigenvalue weighted by atomic mass is 10.1. The fourth-order valence-electron chi connectivity index (χ4n) is 1.46. The van der Waals surface area contributed by atoms with Gasteiger partial charge < -0.3 is 10.3 Å². The predicted octanol–water partition coefficient (Wildman–Crippen LogP) is 0.161. The van der Waals surface area contributed by atoms with Gasteiger partial charge in [0.1, 0.15) is 6.33 Å². The van der Waals surface area contributed by atoms with E-state index in [2.05, 4.69) is 15.1 Å². The SMILES string of the molecule is CC(C)(C)n1ccnc(-n2cnc(N)n2)c1=O. The molecular weight excluding hydrogens is 220 g/mol. The molecule has 0 saturated carbocycles. The summed E-state index contributed by atoms with van der Waals surface area (Å²) in [6, 6.07) is 0. The molecule has 0 aliphatic carbocycles. The van der Waals surface area contributed by atoms with Crippen LogP contribution in [0.1, 0.15) is 20.8 Å². The zero-order valence-electron chi connectivity index (χ0n) is 9.95. The van der Waals surface area contributed by atoms with Crippen LogP contribution >= 0.6 is 0 Å². The van der Waals surface area contributed by atoms with Crippen molar-refractivity contribution in [3.8, 4) is 5.82 Å². The number of nitrogens with zero attached hydrogens (tertiary/aromatic N) is 5. The summed E-state index contributed by atoms with van der Waals surface area (Å²) in [4.78, 5) is 20.0. The molecule has 2 heterocycles. The summed E-state index contributed by atoms with van der Waals surface area (Å²) in [5.41, 5.74) is 4.86. The zero-order chi connectivity index (χ0) is 12.6. The van der Waals surface area contributed by atoms with Crippen LogP contribution in [0.4, 0.5) is 5.95 Å². The quantitative estimate of drug-likeness (QED) is 0.759. The second kappa shape index (κ2) is 3.69. The number of hydrogen-bond donors (Lipinski definition) is 1. The number of nitrogen functional groups attached to an aromatic ring is 1. The van der Waals surface area contributed by atoms with E-state index in [1.54, 1.807) is 17.0 Å². The molecule has 0 aliphatic heterocycles. The van der Waals surface area contributed by atoms with Crippen LogP contribution in [0.15, 0.2) is 23.5 Å². The summed E-state index contributed by atoms with van der Waals surface area (Å²) in [6.45, 7) is 5.82. The van der Waals surface area contributed by atoms with Crippen LogP contribution in [0.2, 0.25) is 0 Å². The molecule has 90 valence electrons. The van der Waals surface area contributed by atoms with E-state index in [1.807, 2.05) is 20.8 Å². The van der Waals surface area contributed by atoms with Crippen molar-refractivity contribution in [2.24, 2.45) is 0 Å². The van der Waals surface area contributed by atoms with Crippen LogP contribution in [0, 0.1) is 0 Å². The van der Waals surface area contributed by atoms with Crippen LogP contribution in [0.3, 0.4) is 0 Å². The maximum atomic E-state index is 12.2. The van der Waals surface area contributed by atoms with Crippen molar-refractivity contribution >= 4 is 5.95 Å². The Bertz CT molecular complexity index is 591. The fraction of sp³-hybridized carbons (Fsp3) is 0.400. The van der Waals surface area contributed by atoms with Crippen LogP contribution < -0.4 is 11.3 Å². The van der Waals surface area contributed by atoms with Gasteiger partial charge in [-0.2, -0.15) is 4.68 Å². The third-order valence-corrected chi connectivity index (χ3v) is 2.27. The van der Waals surface area contributed by atoms with Crippen LogP contribution in [-0.4, -0.2) is 24.3 Å². The van der Waals surface area contributed by atoms with E-state index in [0.717, 1.165) is 0 Å². The second-order valence-electron chi connectivity index (χ2n) is 4.64. The Balaban J connectivity index is 2.62. The first-order valence-electron chi connectivity index (χ1n) is 5.15. The van der Waals surface area contributed by atoms with Crippen LogP contribution in [-0.2, 0) is 5.54 Å². The van der Waals surface area contributed by atoms with Crippen molar-refractivity contribution in [1.29, 1.82) is 0 Å². The first-order chi connectivity index (χ1) is 7.89. The normalized spacial score (nSPS) is 11.7. The average molecular weight is 234 g/mol. The second-order valence-corrected chi connectivity index (χ2v) is 4.64. The Morgan fingerprint density at radius 3 is 2.53 bits per heavy atom. The highest BCUT2D eigenvalue weighted by atomic mass is 16.1. The minimum Gasteiger partial charge on any atom is -0.366 e. The Hall–Kier alpha value is -2.18. The summed E-state index contributed by atoms with van der Waals surface area (Å²) in [6.07, 6.45) is 4.57. The molecule has 0 fully saturated rings. The molecule has 0 unspecified atom stereocenters. The molecule has 2 N–H and O–H groups in total. The first-order valence-corrected chi connectivity index (χ1v) is 5.15. The molecule has 2 aromatic rings. The monoisotopic (exact) mass is 234 g/mol. The number of hydrogen-bond acceptors (Lipinski definition) is 5. The van der Waals surface area contributed by atoms with Gasteiger partial charge in [-0.3, -0.25) is 4.79 Å². The van der Waals surface area contributed by atoms with Crippen molar-refractivity contribution in [1.82, 2.24) is 24.3 Å². The minimum absolute atomic E-state index is 0.109. The zero-order valence-corrected chi connectivity index (χ0v) is 9.95. The summed E-state index contributed by atoms with van der Waals surface area (Å²) in [5, 5.41) is 3.87. The van der Waals surface area contributed by atoms with E-state index in [9.17, 15) is 4.79 Å². The predicted molar refractivity (Wildman–Crippen MR) is 62.8 cm³/mol. The number of rotatable bonds is 1. The lowest BCUT2D eigenvalue weighted by Crippen LogP contribution is -2.35. The molecule has 2 rings (SSSR count). The van der Waals surface area contributed by atoms with Gasteiger partial charge in [0.2, 0.25) is 11.8 Å². The highest BCUT2D eigenvalue weighted by molar-refractivity contribution is 5.20. The van der Waals surface area contributed by atoms with Crippen molar-refractivity contribution < 1.29 is 0 Å². The molecule has 0 aromatic carbocycles. The number of nitrogens with two attached hydrogens (primary N) is 1. The maximum absolute atomic E-state index is 12.2. The minimum atomic E-state index is -0.319. The largest absolute Gasteiger partial charge is 0.366 e. The van der Waals surface area contributed by atoms with E-state index in [4.69, 9.17) is 5.73 Å². The van der Waals surface area contributed by atoms with Gasteiger partial charge >= 0.3 is 0 Å². The molecular formula is C10H14N6O. The molecule has 2 aromatic heterocycles. The topological polar surface area (TPSA) is 91.6 Å². The number of anilines is 1. The molecule has 0 radical (unpaired) electrons. The van der Waals surface area contributed by atoms with Crippen LogP contribution in [0.5, 0.6) is 0 Å². The molecule has 0 spiro atoms. The first kappa shape index (κ1) is 11.3. The molecule has 0 bridgehead atoms. The van der Waals surface area contributed by atoms with Crippen molar-refractivity contribution in [3.05, 3.63) is 29.1 Å².